The van der Waals surface area contributed by atoms with Gasteiger partial charge in [-0.15, -0.1) is 0 Å². The van der Waals surface area contributed by atoms with Gasteiger partial charge in [-0.05, 0) is 42.8 Å². The maximum absolute atomic E-state index is 9.48. The second kappa shape index (κ2) is 5.91. The molecule has 0 radical (unpaired) electrons. The van der Waals surface area contributed by atoms with Crippen molar-refractivity contribution < 1.29 is 9.84 Å². The van der Waals surface area contributed by atoms with E-state index in [1.807, 2.05) is 31.2 Å². The van der Waals surface area contributed by atoms with E-state index in [1.165, 1.54) is 12.7 Å². The van der Waals surface area contributed by atoms with E-state index in [4.69, 9.17) is 4.74 Å². The molecule has 98 valence electrons. The van der Waals surface area contributed by atoms with Crippen LogP contribution in [0, 0.1) is 6.92 Å². The Morgan fingerprint density at radius 2 is 1.89 bits per heavy atom. The fourth-order valence-corrected chi connectivity index (χ4v) is 1.58. The molecule has 0 aliphatic carbocycles. The van der Waals surface area contributed by atoms with Gasteiger partial charge in [-0.25, -0.2) is 0 Å². The predicted molar refractivity (Wildman–Crippen MR) is 77.1 cm³/mol. The van der Waals surface area contributed by atoms with Gasteiger partial charge in [0.25, 0.3) is 0 Å². The second-order valence-electron chi connectivity index (χ2n) is 4.17. The van der Waals surface area contributed by atoms with Gasteiger partial charge >= 0.3 is 0 Å². The van der Waals surface area contributed by atoms with Gasteiger partial charge < -0.3 is 9.84 Å². The number of hydrogen-bond acceptors (Lipinski definition) is 4. The van der Waals surface area contributed by atoms with Crippen molar-refractivity contribution in [3.05, 3.63) is 53.6 Å². The smallest absolute Gasteiger partial charge is 0.161 e. The molecule has 0 aromatic heterocycles. The maximum atomic E-state index is 9.48. The van der Waals surface area contributed by atoms with E-state index in [9.17, 15) is 5.11 Å². The number of rotatable bonds is 4. The number of aryl methyl sites for hydroxylation is 1. The predicted octanol–water partition coefficient (Wildman–Crippen LogP) is 3.16. The van der Waals surface area contributed by atoms with Crippen LogP contribution in [-0.2, 0) is 0 Å². The van der Waals surface area contributed by atoms with Gasteiger partial charge in [0.1, 0.15) is 0 Å². The van der Waals surface area contributed by atoms with Gasteiger partial charge in [0.15, 0.2) is 11.5 Å². The summed E-state index contributed by atoms with van der Waals surface area (Å²) in [5.41, 5.74) is 5.91. The molecule has 2 aromatic rings. The number of nitrogens with one attached hydrogen (secondary N) is 1. The molecule has 4 nitrogen and oxygen atoms in total. The lowest BCUT2D eigenvalue weighted by molar-refractivity contribution is 0.373. The van der Waals surface area contributed by atoms with E-state index in [2.05, 4.69) is 10.5 Å². The van der Waals surface area contributed by atoms with Crippen LogP contribution in [0.25, 0.3) is 0 Å². The lowest BCUT2D eigenvalue weighted by atomic mass is 10.2. The molecule has 0 fully saturated rings. The molecule has 0 aliphatic rings. The molecule has 0 aliphatic heterocycles. The molecular weight excluding hydrogens is 240 g/mol. The zero-order valence-electron chi connectivity index (χ0n) is 10.9. The summed E-state index contributed by atoms with van der Waals surface area (Å²) in [6, 6.07) is 13.0. The second-order valence-corrected chi connectivity index (χ2v) is 4.17. The van der Waals surface area contributed by atoms with Crippen LogP contribution >= 0.6 is 0 Å². The summed E-state index contributed by atoms with van der Waals surface area (Å²) in [4.78, 5) is 0. The molecule has 0 bridgehead atoms. The number of ether oxygens (including phenoxy) is 1. The average Bonchev–Trinajstić information content (AvgIpc) is 2.43. The Balaban J connectivity index is 2.04. The molecule has 0 spiro atoms. The largest absolute Gasteiger partial charge is 0.504 e. The lowest BCUT2D eigenvalue weighted by Crippen LogP contribution is -1.91. The number of hydrazone groups is 1. The minimum absolute atomic E-state index is 0.117. The summed E-state index contributed by atoms with van der Waals surface area (Å²) in [5.74, 6) is 0.547. The summed E-state index contributed by atoms with van der Waals surface area (Å²) in [5, 5.41) is 13.6. The number of nitrogens with zero attached hydrogens (tertiary/aromatic N) is 1. The quantitative estimate of drug-likeness (QED) is 0.652. The average molecular weight is 256 g/mol. The first kappa shape index (κ1) is 13.0. The third kappa shape index (κ3) is 3.48. The van der Waals surface area contributed by atoms with Crippen molar-refractivity contribution >= 4 is 11.9 Å². The highest BCUT2D eigenvalue weighted by Gasteiger charge is 2.00. The molecule has 2 rings (SSSR count). The summed E-state index contributed by atoms with van der Waals surface area (Å²) in [7, 11) is 1.51. The number of benzene rings is 2. The number of hydrogen-bond donors (Lipinski definition) is 2. The van der Waals surface area contributed by atoms with Gasteiger partial charge in [-0.1, -0.05) is 17.7 Å². The fourth-order valence-electron chi connectivity index (χ4n) is 1.58. The Hall–Kier alpha value is -2.49. The van der Waals surface area contributed by atoms with Crippen molar-refractivity contribution in [1.82, 2.24) is 0 Å². The zero-order valence-corrected chi connectivity index (χ0v) is 10.9. The van der Waals surface area contributed by atoms with Crippen LogP contribution in [0.3, 0.4) is 0 Å². The van der Waals surface area contributed by atoms with E-state index >= 15 is 0 Å². The molecule has 0 unspecified atom stereocenters. The van der Waals surface area contributed by atoms with Crippen LogP contribution in [0.15, 0.2) is 47.6 Å². The molecule has 2 N–H and O–H groups in total. The van der Waals surface area contributed by atoms with E-state index in [0.29, 0.717) is 5.75 Å². The summed E-state index contributed by atoms with van der Waals surface area (Å²) in [6.07, 6.45) is 1.67. The van der Waals surface area contributed by atoms with Gasteiger partial charge in [-0.3, -0.25) is 5.43 Å². The molecule has 0 saturated heterocycles. The van der Waals surface area contributed by atoms with Crippen molar-refractivity contribution in [2.24, 2.45) is 5.10 Å². The maximum Gasteiger partial charge on any atom is 0.161 e. The highest BCUT2D eigenvalue weighted by molar-refractivity contribution is 5.81. The number of phenols is 1. The highest BCUT2D eigenvalue weighted by Crippen LogP contribution is 2.25. The van der Waals surface area contributed by atoms with Crippen LogP contribution in [0.2, 0.25) is 0 Å². The first-order valence-corrected chi connectivity index (χ1v) is 5.92. The Bertz CT molecular complexity index is 577. The third-order valence-electron chi connectivity index (χ3n) is 2.66. The van der Waals surface area contributed by atoms with Gasteiger partial charge in [-0.2, -0.15) is 5.10 Å². The Morgan fingerprint density at radius 1 is 1.16 bits per heavy atom. The number of methoxy groups -OCH3 is 1. The molecule has 4 heteroatoms. The molecule has 0 amide bonds. The van der Waals surface area contributed by atoms with Crippen molar-refractivity contribution in [1.29, 1.82) is 0 Å². The van der Waals surface area contributed by atoms with Crippen LogP contribution < -0.4 is 10.2 Å². The molecule has 0 heterocycles. The van der Waals surface area contributed by atoms with Crippen LogP contribution in [-0.4, -0.2) is 18.4 Å². The molecule has 0 saturated carbocycles. The van der Waals surface area contributed by atoms with Gasteiger partial charge in [0.05, 0.1) is 19.0 Å². The summed E-state index contributed by atoms with van der Waals surface area (Å²) in [6.45, 7) is 2.04. The van der Waals surface area contributed by atoms with Crippen LogP contribution in [0.5, 0.6) is 11.5 Å². The number of aromatic hydroxyl groups is 1. The highest BCUT2D eigenvalue weighted by atomic mass is 16.5. The first-order valence-electron chi connectivity index (χ1n) is 5.92. The monoisotopic (exact) mass is 256 g/mol. The Morgan fingerprint density at radius 3 is 2.58 bits per heavy atom. The zero-order chi connectivity index (χ0) is 13.7. The summed E-state index contributed by atoms with van der Waals surface area (Å²) >= 11 is 0. The number of anilines is 1. The number of phenolic OH excluding ortho intramolecular Hbond substituents is 1. The van der Waals surface area contributed by atoms with E-state index < -0.39 is 0 Å². The van der Waals surface area contributed by atoms with Gasteiger partial charge in [0, 0.05) is 0 Å². The summed E-state index contributed by atoms with van der Waals surface area (Å²) < 4.78 is 5.03. The van der Waals surface area contributed by atoms with Crippen LogP contribution in [0.4, 0.5) is 5.69 Å². The topological polar surface area (TPSA) is 53.8 Å². The van der Waals surface area contributed by atoms with E-state index in [1.54, 1.807) is 24.4 Å². The minimum atomic E-state index is 0.117. The van der Waals surface area contributed by atoms with Crippen LogP contribution in [0.1, 0.15) is 11.1 Å². The fraction of sp³-hybridized carbons (Fsp3) is 0.133. The standard InChI is InChI=1S/C15H16N2O2/c1-11-3-6-13(7-4-11)17-16-10-12-5-8-14(18)15(9-12)19-2/h3-10,17-18H,1-2H3. The molecule has 0 atom stereocenters. The van der Waals surface area contributed by atoms with Crippen molar-refractivity contribution in [2.75, 3.05) is 12.5 Å². The minimum Gasteiger partial charge on any atom is -0.504 e. The SMILES string of the molecule is COc1cc(C=NNc2ccc(C)cc2)ccc1O. The first-order chi connectivity index (χ1) is 9.19. The normalized spacial score (nSPS) is 10.6. The third-order valence-corrected chi connectivity index (χ3v) is 2.66. The Kier molecular flexibility index (Phi) is 4.03. The van der Waals surface area contributed by atoms with Crippen molar-refractivity contribution in [3.63, 3.8) is 0 Å². The molecule has 19 heavy (non-hydrogen) atoms. The van der Waals surface area contributed by atoms with Crippen molar-refractivity contribution in [2.45, 2.75) is 6.92 Å². The lowest BCUT2D eigenvalue weighted by Gasteiger charge is -2.04. The molecular formula is C15H16N2O2. The van der Waals surface area contributed by atoms with E-state index in [-0.39, 0.29) is 5.75 Å². The Labute approximate surface area is 112 Å². The van der Waals surface area contributed by atoms with Gasteiger partial charge in [0.2, 0.25) is 0 Å². The molecule has 2 aromatic carbocycles. The van der Waals surface area contributed by atoms with E-state index in [0.717, 1.165) is 11.3 Å². The van der Waals surface area contributed by atoms with Crippen molar-refractivity contribution in [3.8, 4) is 11.5 Å².